The van der Waals surface area contributed by atoms with E-state index >= 15 is 0 Å². The van der Waals surface area contributed by atoms with Crippen LogP contribution >= 0.6 is 0 Å². The van der Waals surface area contributed by atoms with Crippen LogP contribution in [0.1, 0.15) is 52.9 Å². The highest BCUT2D eigenvalue weighted by atomic mass is 16.7. The Morgan fingerprint density at radius 1 is 0.944 bits per heavy atom. The molecule has 1 rings (SSSR count). The molecule has 0 aromatic carbocycles. The van der Waals surface area contributed by atoms with Crippen molar-refractivity contribution in [2.24, 2.45) is 11.8 Å². The van der Waals surface area contributed by atoms with E-state index in [1.165, 1.54) is 32.1 Å². The second-order valence-corrected chi connectivity index (χ2v) is 6.00. The van der Waals surface area contributed by atoms with Gasteiger partial charge in [-0.3, -0.25) is 0 Å². The van der Waals surface area contributed by atoms with E-state index in [-0.39, 0.29) is 12.3 Å². The van der Waals surface area contributed by atoms with Gasteiger partial charge in [0.05, 0.1) is 6.04 Å². The molecule has 1 fully saturated rings. The standard InChI is InChI=1S/C15H31NO2/c1-11(2)13-7-6-8-14(10-9-13)16-12(3)15(17-4)18-5/h11-16H,6-10H2,1-5H3. The minimum Gasteiger partial charge on any atom is -0.354 e. The minimum absolute atomic E-state index is 0.144. The lowest BCUT2D eigenvalue weighted by Crippen LogP contribution is -2.45. The molecule has 1 N–H and O–H groups in total. The molecular formula is C15H31NO2. The zero-order chi connectivity index (χ0) is 13.5. The molecule has 0 spiro atoms. The summed E-state index contributed by atoms with van der Waals surface area (Å²) in [6.07, 6.45) is 6.52. The fourth-order valence-electron chi connectivity index (χ4n) is 3.12. The molecule has 0 amide bonds. The molecule has 1 aliphatic carbocycles. The second kappa shape index (κ2) is 8.13. The number of hydrogen-bond acceptors (Lipinski definition) is 3. The van der Waals surface area contributed by atoms with E-state index in [2.05, 4.69) is 26.1 Å². The van der Waals surface area contributed by atoms with Crippen molar-refractivity contribution in [3.05, 3.63) is 0 Å². The Morgan fingerprint density at radius 3 is 2.17 bits per heavy atom. The molecule has 0 aliphatic heterocycles. The fourth-order valence-corrected chi connectivity index (χ4v) is 3.12. The predicted octanol–water partition coefficient (Wildman–Crippen LogP) is 3.19. The molecule has 3 heteroatoms. The SMILES string of the molecule is COC(OC)C(C)NC1CCCC(C(C)C)CC1. The Hall–Kier alpha value is -0.120. The van der Waals surface area contributed by atoms with Crippen molar-refractivity contribution in [2.45, 2.75) is 71.2 Å². The van der Waals surface area contributed by atoms with Gasteiger partial charge in [0.25, 0.3) is 0 Å². The van der Waals surface area contributed by atoms with Crippen LogP contribution in [0.3, 0.4) is 0 Å². The van der Waals surface area contributed by atoms with Gasteiger partial charge >= 0.3 is 0 Å². The number of ether oxygens (including phenoxy) is 2. The van der Waals surface area contributed by atoms with Gasteiger partial charge in [-0.05, 0) is 38.0 Å². The zero-order valence-corrected chi connectivity index (χ0v) is 12.7. The number of methoxy groups -OCH3 is 2. The van der Waals surface area contributed by atoms with E-state index in [4.69, 9.17) is 9.47 Å². The van der Waals surface area contributed by atoms with Crippen LogP contribution in [-0.2, 0) is 9.47 Å². The highest BCUT2D eigenvalue weighted by molar-refractivity contribution is 4.79. The summed E-state index contributed by atoms with van der Waals surface area (Å²) in [6.45, 7) is 6.85. The van der Waals surface area contributed by atoms with Crippen LogP contribution in [0.25, 0.3) is 0 Å². The Labute approximate surface area is 113 Å². The molecule has 0 bridgehead atoms. The lowest BCUT2D eigenvalue weighted by atomic mass is 9.89. The monoisotopic (exact) mass is 257 g/mol. The van der Waals surface area contributed by atoms with E-state index in [1.54, 1.807) is 14.2 Å². The molecule has 0 radical (unpaired) electrons. The van der Waals surface area contributed by atoms with Gasteiger partial charge in [0, 0.05) is 20.3 Å². The largest absolute Gasteiger partial charge is 0.354 e. The average Bonchev–Trinajstić information content (AvgIpc) is 2.56. The summed E-state index contributed by atoms with van der Waals surface area (Å²) in [5.41, 5.74) is 0. The normalized spacial score (nSPS) is 27.5. The first-order valence-corrected chi connectivity index (χ1v) is 7.40. The third-order valence-corrected chi connectivity index (χ3v) is 4.33. The Bertz CT molecular complexity index is 217. The summed E-state index contributed by atoms with van der Waals surface area (Å²) in [5, 5.41) is 3.67. The molecule has 3 unspecified atom stereocenters. The van der Waals surface area contributed by atoms with E-state index in [0.717, 1.165) is 11.8 Å². The van der Waals surface area contributed by atoms with Crippen LogP contribution in [0.15, 0.2) is 0 Å². The van der Waals surface area contributed by atoms with Gasteiger partial charge in [0.1, 0.15) is 0 Å². The summed E-state index contributed by atoms with van der Waals surface area (Å²) < 4.78 is 10.6. The lowest BCUT2D eigenvalue weighted by molar-refractivity contribution is -0.121. The first-order valence-electron chi connectivity index (χ1n) is 7.40. The number of nitrogens with one attached hydrogen (secondary N) is 1. The van der Waals surface area contributed by atoms with Gasteiger partial charge in [-0.1, -0.05) is 26.7 Å². The third-order valence-electron chi connectivity index (χ3n) is 4.33. The highest BCUT2D eigenvalue weighted by Crippen LogP contribution is 2.29. The van der Waals surface area contributed by atoms with Crippen molar-refractivity contribution < 1.29 is 9.47 Å². The zero-order valence-electron chi connectivity index (χ0n) is 12.7. The van der Waals surface area contributed by atoms with Crippen molar-refractivity contribution in [3.63, 3.8) is 0 Å². The van der Waals surface area contributed by atoms with Gasteiger partial charge in [0.2, 0.25) is 0 Å². The van der Waals surface area contributed by atoms with Gasteiger partial charge in [-0.25, -0.2) is 0 Å². The molecule has 0 aromatic rings. The summed E-state index contributed by atoms with van der Waals surface area (Å²) in [7, 11) is 3.41. The lowest BCUT2D eigenvalue weighted by Gasteiger charge is -2.27. The van der Waals surface area contributed by atoms with Gasteiger partial charge in [-0.15, -0.1) is 0 Å². The maximum absolute atomic E-state index is 5.31. The van der Waals surface area contributed by atoms with Crippen LogP contribution in [0.5, 0.6) is 0 Å². The summed E-state index contributed by atoms with van der Waals surface area (Å²) >= 11 is 0. The molecule has 3 nitrogen and oxygen atoms in total. The Morgan fingerprint density at radius 2 is 1.61 bits per heavy atom. The van der Waals surface area contributed by atoms with Gasteiger partial charge in [-0.2, -0.15) is 0 Å². The molecule has 18 heavy (non-hydrogen) atoms. The summed E-state index contributed by atoms with van der Waals surface area (Å²) in [6, 6.07) is 0.872. The van der Waals surface area contributed by atoms with Gasteiger partial charge in [0.15, 0.2) is 6.29 Å². The highest BCUT2D eigenvalue weighted by Gasteiger charge is 2.24. The summed E-state index contributed by atoms with van der Waals surface area (Å²) in [4.78, 5) is 0. The molecule has 1 saturated carbocycles. The van der Waals surface area contributed by atoms with Crippen LogP contribution < -0.4 is 5.32 Å². The van der Waals surface area contributed by atoms with Crippen molar-refractivity contribution in [3.8, 4) is 0 Å². The maximum atomic E-state index is 5.31. The molecule has 0 heterocycles. The number of hydrogen-bond donors (Lipinski definition) is 1. The van der Waals surface area contributed by atoms with E-state index in [1.807, 2.05) is 0 Å². The smallest absolute Gasteiger partial charge is 0.171 e. The minimum atomic E-state index is -0.144. The molecule has 1 aliphatic rings. The van der Waals surface area contributed by atoms with Crippen molar-refractivity contribution in [2.75, 3.05) is 14.2 Å². The van der Waals surface area contributed by atoms with Gasteiger partial charge < -0.3 is 14.8 Å². The topological polar surface area (TPSA) is 30.5 Å². The van der Waals surface area contributed by atoms with Crippen molar-refractivity contribution in [1.29, 1.82) is 0 Å². The molecule has 3 atom stereocenters. The maximum Gasteiger partial charge on any atom is 0.171 e. The first kappa shape index (κ1) is 15.9. The number of rotatable bonds is 6. The van der Waals surface area contributed by atoms with Crippen LogP contribution in [0.2, 0.25) is 0 Å². The van der Waals surface area contributed by atoms with Crippen LogP contribution in [0.4, 0.5) is 0 Å². The van der Waals surface area contributed by atoms with Crippen LogP contribution in [0, 0.1) is 11.8 Å². The molecule has 0 saturated heterocycles. The Balaban J connectivity index is 2.39. The molecule has 108 valence electrons. The quantitative estimate of drug-likeness (QED) is 0.585. The molecule has 0 aromatic heterocycles. The average molecular weight is 257 g/mol. The Kier molecular flexibility index (Phi) is 7.20. The van der Waals surface area contributed by atoms with Crippen LogP contribution in [-0.4, -0.2) is 32.6 Å². The van der Waals surface area contributed by atoms with E-state index < -0.39 is 0 Å². The van der Waals surface area contributed by atoms with Crippen molar-refractivity contribution in [1.82, 2.24) is 5.32 Å². The fraction of sp³-hybridized carbons (Fsp3) is 1.00. The third kappa shape index (κ3) is 4.87. The summed E-state index contributed by atoms with van der Waals surface area (Å²) in [5.74, 6) is 1.74. The molecular weight excluding hydrogens is 226 g/mol. The van der Waals surface area contributed by atoms with E-state index in [0.29, 0.717) is 6.04 Å². The first-order chi connectivity index (χ1) is 8.58. The van der Waals surface area contributed by atoms with E-state index in [9.17, 15) is 0 Å². The van der Waals surface area contributed by atoms with Crippen molar-refractivity contribution >= 4 is 0 Å². The second-order valence-electron chi connectivity index (χ2n) is 6.00. The predicted molar refractivity (Wildman–Crippen MR) is 75.6 cm³/mol.